The number of nitrogens with one attached hydrogen (secondary N) is 2. The molecule has 0 spiro atoms. The Bertz CT molecular complexity index is 586. The molecule has 1 aliphatic carbocycles. The minimum atomic E-state index is -0.221. The molecule has 0 radical (unpaired) electrons. The molecule has 3 aliphatic rings. The third kappa shape index (κ3) is 2.78. The number of hydrogen-bond donors (Lipinski definition) is 2. The van der Waals surface area contributed by atoms with Crippen LogP contribution in [0.5, 0.6) is 0 Å². The van der Waals surface area contributed by atoms with E-state index in [1.54, 1.807) is 12.2 Å². The van der Waals surface area contributed by atoms with E-state index in [9.17, 15) is 4.39 Å². The molecule has 20 heavy (non-hydrogen) atoms. The van der Waals surface area contributed by atoms with Crippen LogP contribution in [0, 0.1) is 0 Å². The van der Waals surface area contributed by atoms with Gasteiger partial charge in [0.05, 0.1) is 5.70 Å². The van der Waals surface area contributed by atoms with Gasteiger partial charge in [0.25, 0.3) is 0 Å². The molecule has 0 atom stereocenters. The normalized spacial score (nSPS) is 22.6. The Hall–Kier alpha value is -1.59. The lowest BCUT2D eigenvalue weighted by Crippen LogP contribution is -2.41. The van der Waals surface area contributed by atoms with Gasteiger partial charge in [-0.25, -0.2) is 9.38 Å². The molecule has 3 rings (SSSR count). The quantitative estimate of drug-likeness (QED) is 0.777. The number of aliphatic imine (C=N–C) groups is 1. The molecule has 2 N–H and O–H groups in total. The summed E-state index contributed by atoms with van der Waals surface area (Å²) in [7, 11) is 1.96. The minimum absolute atomic E-state index is 0.221. The number of hydrogen-bond acceptors (Lipinski definition) is 4. The molecule has 2 aliphatic heterocycles. The van der Waals surface area contributed by atoms with Gasteiger partial charge in [-0.1, -0.05) is 17.7 Å². The monoisotopic (exact) mass is 294 g/mol. The molecule has 0 amide bonds. The van der Waals surface area contributed by atoms with Crippen LogP contribution >= 0.6 is 11.6 Å². The van der Waals surface area contributed by atoms with Gasteiger partial charge in [0, 0.05) is 43.8 Å². The highest BCUT2D eigenvalue weighted by Crippen LogP contribution is 2.20. The highest BCUT2D eigenvalue weighted by Gasteiger charge is 2.23. The molecule has 0 saturated heterocycles. The Balaban J connectivity index is 1.83. The first-order chi connectivity index (χ1) is 9.61. The fourth-order valence-electron chi connectivity index (χ4n) is 2.40. The van der Waals surface area contributed by atoms with Crippen molar-refractivity contribution < 1.29 is 4.39 Å². The fraction of sp³-hybridized carbons (Fsp3) is 0.357. The lowest BCUT2D eigenvalue weighted by Gasteiger charge is -2.27. The molecule has 0 saturated carbocycles. The van der Waals surface area contributed by atoms with E-state index in [1.807, 2.05) is 11.9 Å². The molecular weight excluding hydrogens is 279 g/mol. The third-order valence-corrected chi connectivity index (χ3v) is 3.69. The maximum Gasteiger partial charge on any atom is 0.203 e. The molecule has 0 aromatic rings. The second-order valence-electron chi connectivity index (χ2n) is 5.05. The highest BCUT2D eigenvalue weighted by atomic mass is 35.5. The van der Waals surface area contributed by atoms with E-state index in [1.165, 1.54) is 11.6 Å². The van der Waals surface area contributed by atoms with Gasteiger partial charge >= 0.3 is 0 Å². The van der Waals surface area contributed by atoms with Crippen LogP contribution in [0.3, 0.4) is 0 Å². The molecule has 2 heterocycles. The first-order valence-electron chi connectivity index (χ1n) is 6.54. The number of nitrogens with zero attached hydrogens (tertiary/aromatic N) is 2. The van der Waals surface area contributed by atoms with Crippen molar-refractivity contribution in [3.05, 3.63) is 46.1 Å². The van der Waals surface area contributed by atoms with Gasteiger partial charge in [0.15, 0.2) is 0 Å². The largest absolute Gasteiger partial charge is 0.341 e. The Labute approximate surface area is 122 Å². The highest BCUT2D eigenvalue weighted by molar-refractivity contribution is 6.31. The van der Waals surface area contributed by atoms with Crippen LogP contribution in [0.15, 0.2) is 51.0 Å². The number of guanidine groups is 1. The summed E-state index contributed by atoms with van der Waals surface area (Å²) in [6, 6.07) is 0. The first kappa shape index (κ1) is 13.4. The van der Waals surface area contributed by atoms with Gasteiger partial charge in [-0.2, -0.15) is 0 Å². The Morgan fingerprint density at radius 3 is 3.10 bits per heavy atom. The SMILES string of the molecule is CN1CC2=C(CNC2)N=C1NC1=CC(Cl)=CCC(F)=C1. The number of allylic oxidation sites excluding steroid dienone is 5. The van der Waals surface area contributed by atoms with Crippen LogP contribution in [0.1, 0.15) is 6.42 Å². The van der Waals surface area contributed by atoms with E-state index in [0.29, 0.717) is 16.7 Å². The lowest BCUT2D eigenvalue weighted by atomic mass is 10.2. The van der Waals surface area contributed by atoms with Gasteiger partial charge < -0.3 is 15.5 Å². The smallest absolute Gasteiger partial charge is 0.203 e. The van der Waals surface area contributed by atoms with Crippen molar-refractivity contribution in [1.29, 1.82) is 0 Å². The average Bonchev–Trinajstić information content (AvgIpc) is 2.76. The molecule has 0 unspecified atom stereocenters. The fourth-order valence-corrected chi connectivity index (χ4v) is 2.59. The Kier molecular flexibility index (Phi) is 3.63. The van der Waals surface area contributed by atoms with E-state index in [2.05, 4.69) is 15.6 Å². The van der Waals surface area contributed by atoms with Gasteiger partial charge in [-0.15, -0.1) is 0 Å². The summed E-state index contributed by atoms with van der Waals surface area (Å²) in [5.74, 6) is 0.495. The van der Waals surface area contributed by atoms with E-state index in [-0.39, 0.29) is 12.2 Å². The van der Waals surface area contributed by atoms with E-state index >= 15 is 0 Å². The number of rotatable bonds is 1. The first-order valence-corrected chi connectivity index (χ1v) is 6.91. The number of halogens is 2. The van der Waals surface area contributed by atoms with Crippen LogP contribution in [0.4, 0.5) is 4.39 Å². The van der Waals surface area contributed by atoms with Crippen molar-refractivity contribution in [1.82, 2.24) is 15.5 Å². The second-order valence-corrected chi connectivity index (χ2v) is 5.49. The van der Waals surface area contributed by atoms with Crippen molar-refractivity contribution in [2.75, 3.05) is 26.7 Å². The summed E-state index contributed by atoms with van der Waals surface area (Å²) >= 11 is 6.00. The van der Waals surface area contributed by atoms with Gasteiger partial charge in [-0.3, -0.25) is 0 Å². The zero-order chi connectivity index (χ0) is 14.1. The molecule has 0 aromatic carbocycles. The van der Waals surface area contributed by atoms with Crippen molar-refractivity contribution in [2.45, 2.75) is 6.42 Å². The van der Waals surface area contributed by atoms with Crippen LogP contribution < -0.4 is 10.6 Å². The van der Waals surface area contributed by atoms with Gasteiger partial charge in [0.2, 0.25) is 5.96 Å². The van der Waals surface area contributed by atoms with Crippen molar-refractivity contribution >= 4 is 17.6 Å². The van der Waals surface area contributed by atoms with Crippen LogP contribution in [0.2, 0.25) is 0 Å². The minimum Gasteiger partial charge on any atom is -0.341 e. The third-order valence-electron chi connectivity index (χ3n) is 3.42. The predicted molar refractivity (Wildman–Crippen MR) is 78.9 cm³/mol. The maximum atomic E-state index is 13.5. The second kappa shape index (κ2) is 5.42. The van der Waals surface area contributed by atoms with Crippen LogP contribution in [-0.4, -0.2) is 37.5 Å². The molecule has 4 nitrogen and oxygen atoms in total. The van der Waals surface area contributed by atoms with Gasteiger partial charge in [0.1, 0.15) is 5.83 Å². The summed E-state index contributed by atoms with van der Waals surface area (Å²) < 4.78 is 13.5. The molecule has 106 valence electrons. The van der Waals surface area contributed by atoms with E-state index in [4.69, 9.17) is 11.6 Å². The molecular formula is C14H16ClFN4. The molecule has 6 heteroatoms. The Morgan fingerprint density at radius 2 is 2.25 bits per heavy atom. The lowest BCUT2D eigenvalue weighted by molar-refractivity contribution is 0.516. The topological polar surface area (TPSA) is 39.7 Å². The summed E-state index contributed by atoms with van der Waals surface area (Å²) in [6.45, 7) is 2.51. The van der Waals surface area contributed by atoms with Crippen LogP contribution in [-0.2, 0) is 0 Å². The van der Waals surface area contributed by atoms with Crippen molar-refractivity contribution in [3.8, 4) is 0 Å². The zero-order valence-electron chi connectivity index (χ0n) is 11.2. The van der Waals surface area contributed by atoms with E-state index in [0.717, 1.165) is 25.3 Å². The molecule has 0 fully saturated rings. The van der Waals surface area contributed by atoms with Gasteiger partial charge in [-0.05, 0) is 17.7 Å². The average molecular weight is 295 g/mol. The molecule has 0 aromatic heterocycles. The summed E-state index contributed by atoms with van der Waals surface area (Å²) in [5, 5.41) is 6.96. The number of likely N-dealkylation sites (N-methyl/N-ethyl adjacent to an activating group) is 1. The zero-order valence-corrected chi connectivity index (χ0v) is 12.0. The summed E-state index contributed by atoms with van der Waals surface area (Å²) in [4.78, 5) is 6.61. The standard InChI is InChI=1S/C14H16ClFN4/c1-20-8-9-6-17-7-13(9)19-14(20)18-12-4-10(15)2-3-11(16)5-12/h2,4-5,17H,3,6-8H2,1H3,(H,18,19). The van der Waals surface area contributed by atoms with Crippen molar-refractivity contribution in [3.63, 3.8) is 0 Å². The Morgan fingerprint density at radius 1 is 1.40 bits per heavy atom. The summed E-state index contributed by atoms with van der Waals surface area (Å²) in [5.41, 5.74) is 3.00. The predicted octanol–water partition coefficient (Wildman–Crippen LogP) is 2.00. The molecule has 0 bridgehead atoms. The summed E-state index contributed by atoms with van der Waals surface area (Å²) in [6.07, 6.45) is 5.04. The van der Waals surface area contributed by atoms with Crippen molar-refractivity contribution in [2.24, 2.45) is 4.99 Å². The van der Waals surface area contributed by atoms with E-state index < -0.39 is 0 Å². The van der Waals surface area contributed by atoms with Crippen LogP contribution in [0.25, 0.3) is 0 Å². The maximum absolute atomic E-state index is 13.5.